The molecule has 1 unspecified atom stereocenters. The highest BCUT2D eigenvalue weighted by molar-refractivity contribution is 6.08. The second kappa shape index (κ2) is 7.01. The lowest BCUT2D eigenvalue weighted by Gasteiger charge is -2.16. The Morgan fingerprint density at radius 2 is 1.88 bits per heavy atom. The van der Waals surface area contributed by atoms with Crippen molar-refractivity contribution < 1.29 is 14.3 Å². The van der Waals surface area contributed by atoms with Gasteiger partial charge in [0.2, 0.25) is 5.91 Å². The predicted octanol–water partition coefficient (Wildman–Crippen LogP) is 2.95. The van der Waals surface area contributed by atoms with Crippen LogP contribution < -0.4 is 10.6 Å². The van der Waals surface area contributed by atoms with E-state index in [1.54, 1.807) is 7.11 Å². The smallest absolute Gasteiger partial charge is 0.253 e. The van der Waals surface area contributed by atoms with Gasteiger partial charge < -0.3 is 15.4 Å². The van der Waals surface area contributed by atoms with E-state index in [9.17, 15) is 9.59 Å². The van der Waals surface area contributed by atoms with Gasteiger partial charge in [0.05, 0.1) is 17.9 Å². The number of carbonyl (C=O) groups is 2. The molecule has 5 nitrogen and oxygen atoms in total. The van der Waals surface area contributed by atoms with Crippen LogP contribution in [0.5, 0.6) is 0 Å². The molecule has 5 heteroatoms. The molecule has 0 heterocycles. The average Bonchev–Trinajstić information content (AvgIpc) is 3.39. The summed E-state index contributed by atoms with van der Waals surface area (Å²) in [5.74, 6) is -0.138. The molecule has 0 aliphatic heterocycles. The highest BCUT2D eigenvalue weighted by Gasteiger charge is 2.30. The minimum atomic E-state index is -0.212. The maximum atomic E-state index is 12.6. The Bertz CT molecular complexity index is 768. The van der Waals surface area contributed by atoms with E-state index in [0.717, 1.165) is 23.6 Å². The Morgan fingerprint density at radius 3 is 2.50 bits per heavy atom. The van der Waals surface area contributed by atoms with Crippen molar-refractivity contribution in [3.05, 3.63) is 42.0 Å². The molecule has 1 aliphatic carbocycles. The van der Waals surface area contributed by atoms with Gasteiger partial charge >= 0.3 is 0 Å². The van der Waals surface area contributed by atoms with Gasteiger partial charge in [0.1, 0.15) is 0 Å². The molecule has 2 aromatic carbocycles. The third-order valence-corrected chi connectivity index (χ3v) is 4.13. The molecule has 1 saturated carbocycles. The first kappa shape index (κ1) is 16.5. The van der Waals surface area contributed by atoms with E-state index in [2.05, 4.69) is 10.6 Å². The lowest BCUT2D eigenvalue weighted by Crippen LogP contribution is -2.36. The molecule has 0 radical (unpaired) electrons. The van der Waals surface area contributed by atoms with Gasteiger partial charge in [-0.3, -0.25) is 9.59 Å². The Kier molecular flexibility index (Phi) is 4.81. The molecular weight excluding hydrogens is 304 g/mol. The monoisotopic (exact) mass is 326 g/mol. The third-order valence-electron chi connectivity index (χ3n) is 4.13. The largest absolute Gasteiger partial charge is 0.383 e. The Balaban J connectivity index is 1.92. The molecule has 24 heavy (non-hydrogen) atoms. The summed E-state index contributed by atoms with van der Waals surface area (Å²) in [5.41, 5.74) is 1.04. The summed E-state index contributed by atoms with van der Waals surface area (Å²) in [6.45, 7) is 2.31. The van der Waals surface area contributed by atoms with Crippen molar-refractivity contribution in [3.63, 3.8) is 0 Å². The van der Waals surface area contributed by atoms with E-state index in [1.165, 1.54) is 0 Å². The summed E-state index contributed by atoms with van der Waals surface area (Å²) >= 11 is 0. The van der Waals surface area contributed by atoms with Crippen molar-refractivity contribution in [1.29, 1.82) is 0 Å². The van der Waals surface area contributed by atoms with Gasteiger partial charge in [0.15, 0.2) is 0 Å². The minimum Gasteiger partial charge on any atom is -0.383 e. The molecule has 1 aliphatic rings. The summed E-state index contributed by atoms with van der Waals surface area (Å²) in [5, 5.41) is 7.78. The highest BCUT2D eigenvalue weighted by Crippen LogP contribution is 2.32. The first-order valence-corrected chi connectivity index (χ1v) is 8.22. The summed E-state index contributed by atoms with van der Waals surface area (Å²) in [6.07, 6.45) is 1.84. The van der Waals surface area contributed by atoms with Crippen LogP contribution in [0.3, 0.4) is 0 Å². The summed E-state index contributed by atoms with van der Waals surface area (Å²) in [6, 6.07) is 11.4. The number of hydrogen-bond acceptors (Lipinski definition) is 3. The molecule has 2 aromatic rings. The summed E-state index contributed by atoms with van der Waals surface area (Å²) in [4.78, 5) is 24.8. The maximum Gasteiger partial charge on any atom is 0.253 e. The average molecular weight is 326 g/mol. The van der Waals surface area contributed by atoms with Gasteiger partial charge in [0.25, 0.3) is 5.91 Å². The van der Waals surface area contributed by atoms with Crippen LogP contribution in [0.1, 0.15) is 30.1 Å². The zero-order valence-electron chi connectivity index (χ0n) is 14.0. The standard InChI is InChI=1S/C19H22N2O3/c1-12(11-24-2)20-19(23)16-9-14-5-3-4-6-15(14)10-17(16)21-18(22)13-7-8-13/h3-6,9-10,12-13H,7-8,11H2,1-2H3,(H,20,23)(H,21,22). The van der Waals surface area contributed by atoms with Gasteiger partial charge in [-0.1, -0.05) is 24.3 Å². The van der Waals surface area contributed by atoms with Crippen LogP contribution in [-0.4, -0.2) is 31.6 Å². The van der Waals surface area contributed by atoms with Crippen molar-refractivity contribution in [2.45, 2.75) is 25.8 Å². The van der Waals surface area contributed by atoms with Crippen LogP contribution in [0.4, 0.5) is 5.69 Å². The highest BCUT2D eigenvalue weighted by atomic mass is 16.5. The molecule has 126 valence electrons. The molecule has 0 aromatic heterocycles. The molecule has 2 amide bonds. The number of carbonyl (C=O) groups excluding carboxylic acids is 2. The van der Waals surface area contributed by atoms with Gasteiger partial charge in [0, 0.05) is 19.1 Å². The SMILES string of the molecule is COCC(C)NC(=O)c1cc2ccccc2cc1NC(=O)C1CC1. The summed E-state index contributed by atoms with van der Waals surface area (Å²) in [7, 11) is 1.60. The third kappa shape index (κ3) is 3.74. The number of ether oxygens (including phenoxy) is 1. The van der Waals surface area contributed by atoms with E-state index in [4.69, 9.17) is 4.74 Å². The predicted molar refractivity (Wildman–Crippen MR) is 94.1 cm³/mol. The lowest BCUT2D eigenvalue weighted by molar-refractivity contribution is -0.117. The van der Waals surface area contributed by atoms with E-state index in [1.807, 2.05) is 43.3 Å². The fraction of sp³-hybridized carbons (Fsp3) is 0.368. The number of anilines is 1. The molecule has 1 fully saturated rings. The van der Waals surface area contributed by atoms with E-state index in [0.29, 0.717) is 17.9 Å². The van der Waals surface area contributed by atoms with Gasteiger partial charge in [-0.15, -0.1) is 0 Å². The second-order valence-corrected chi connectivity index (χ2v) is 6.34. The van der Waals surface area contributed by atoms with Crippen LogP contribution in [-0.2, 0) is 9.53 Å². The Labute approximate surface area is 141 Å². The van der Waals surface area contributed by atoms with Crippen LogP contribution in [0.25, 0.3) is 10.8 Å². The van der Waals surface area contributed by atoms with Crippen molar-refractivity contribution in [2.24, 2.45) is 5.92 Å². The van der Waals surface area contributed by atoms with Crippen molar-refractivity contribution in [1.82, 2.24) is 5.32 Å². The molecule has 0 bridgehead atoms. The van der Waals surface area contributed by atoms with Gasteiger partial charge in [-0.05, 0) is 42.7 Å². The molecular formula is C19H22N2O3. The Hall–Kier alpha value is -2.40. The Morgan fingerprint density at radius 1 is 1.21 bits per heavy atom. The van der Waals surface area contributed by atoms with Crippen LogP contribution >= 0.6 is 0 Å². The molecule has 0 spiro atoms. The van der Waals surface area contributed by atoms with Crippen molar-refractivity contribution >= 4 is 28.3 Å². The fourth-order valence-corrected chi connectivity index (χ4v) is 2.71. The maximum absolute atomic E-state index is 12.6. The number of nitrogens with one attached hydrogen (secondary N) is 2. The molecule has 3 rings (SSSR count). The topological polar surface area (TPSA) is 67.4 Å². The quantitative estimate of drug-likeness (QED) is 0.857. The van der Waals surface area contributed by atoms with E-state index in [-0.39, 0.29) is 23.8 Å². The minimum absolute atomic E-state index is 0.00993. The summed E-state index contributed by atoms with van der Waals surface area (Å²) < 4.78 is 5.06. The van der Waals surface area contributed by atoms with Gasteiger partial charge in [-0.25, -0.2) is 0 Å². The fourth-order valence-electron chi connectivity index (χ4n) is 2.71. The van der Waals surface area contributed by atoms with Crippen LogP contribution in [0, 0.1) is 5.92 Å². The second-order valence-electron chi connectivity index (χ2n) is 6.34. The van der Waals surface area contributed by atoms with Crippen LogP contribution in [0.15, 0.2) is 36.4 Å². The van der Waals surface area contributed by atoms with Crippen LogP contribution in [0.2, 0.25) is 0 Å². The number of amides is 2. The van der Waals surface area contributed by atoms with E-state index >= 15 is 0 Å². The molecule has 2 N–H and O–H groups in total. The number of hydrogen-bond donors (Lipinski definition) is 2. The number of fused-ring (bicyclic) bond motifs is 1. The van der Waals surface area contributed by atoms with Gasteiger partial charge in [-0.2, -0.15) is 0 Å². The molecule has 0 saturated heterocycles. The number of rotatable bonds is 6. The van der Waals surface area contributed by atoms with Crippen molar-refractivity contribution in [2.75, 3.05) is 19.0 Å². The normalized spacial score (nSPS) is 15.1. The van der Waals surface area contributed by atoms with E-state index < -0.39 is 0 Å². The first-order chi connectivity index (χ1) is 11.6. The first-order valence-electron chi connectivity index (χ1n) is 8.22. The number of methoxy groups -OCH3 is 1. The molecule has 1 atom stereocenters. The number of benzene rings is 2. The van der Waals surface area contributed by atoms with Crippen molar-refractivity contribution in [3.8, 4) is 0 Å². The zero-order chi connectivity index (χ0) is 17.1. The zero-order valence-corrected chi connectivity index (χ0v) is 14.0. The lowest BCUT2D eigenvalue weighted by atomic mass is 10.0.